The van der Waals surface area contributed by atoms with E-state index in [1.54, 1.807) is 13.2 Å². The fourth-order valence-corrected chi connectivity index (χ4v) is 3.79. The summed E-state index contributed by atoms with van der Waals surface area (Å²) in [6, 6.07) is 7.63. The average Bonchev–Trinajstić information content (AvgIpc) is 3.15. The average molecular weight is 399 g/mol. The zero-order valence-electron chi connectivity index (χ0n) is 15.5. The van der Waals surface area contributed by atoms with Gasteiger partial charge in [0.15, 0.2) is 0 Å². The Balaban J connectivity index is 1.88. The van der Waals surface area contributed by atoms with Gasteiger partial charge >= 0.3 is 0 Å². The van der Waals surface area contributed by atoms with Crippen LogP contribution >= 0.6 is 11.8 Å². The van der Waals surface area contributed by atoms with Crippen LogP contribution in [0.25, 0.3) is 17.0 Å². The molecule has 0 bridgehead atoms. The minimum Gasteiger partial charge on any atom is -0.383 e. The van der Waals surface area contributed by atoms with Gasteiger partial charge in [-0.15, -0.1) is 6.58 Å². The molecule has 3 rings (SSSR count). The normalized spacial score (nSPS) is 15.6. The van der Waals surface area contributed by atoms with Gasteiger partial charge in [-0.3, -0.25) is 19.3 Å². The van der Waals surface area contributed by atoms with Gasteiger partial charge in [-0.25, -0.2) is 0 Å². The van der Waals surface area contributed by atoms with Crippen LogP contribution in [0.15, 0.2) is 48.0 Å². The zero-order chi connectivity index (χ0) is 20.1. The van der Waals surface area contributed by atoms with Gasteiger partial charge in [-0.1, -0.05) is 24.3 Å². The van der Waals surface area contributed by atoms with Gasteiger partial charge in [-0.05, 0) is 23.9 Å². The van der Waals surface area contributed by atoms with E-state index in [1.807, 2.05) is 35.0 Å². The monoisotopic (exact) mass is 399 g/mol. The molecule has 1 saturated heterocycles. The molecule has 1 aliphatic heterocycles. The number of amides is 3. The number of imide groups is 1. The molecule has 2 heterocycles. The van der Waals surface area contributed by atoms with Crippen LogP contribution in [-0.2, 0) is 20.9 Å². The van der Waals surface area contributed by atoms with Crippen molar-refractivity contribution in [2.45, 2.75) is 6.54 Å². The number of nitrogens with zero attached hydrogens (tertiary/aromatic N) is 2. The Hall–Kier alpha value is -2.84. The zero-order valence-corrected chi connectivity index (χ0v) is 16.3. The number of methoxy groups -OCH3 is 1. The largest absolute Gasteiger partial charge is 0.383 e. The molecule has 1 aromatic heterocycles. The number of nitrogens with one attached hydrogen (secondary N) is 1. The van der Waals surface area contributed by atoms with Gasteiger partial charge in [0.25, 0.3) is 11.1 Å². The smallest absolute Gasteiger partial charge is 0.293 e. The lowest BCUT2D eigenvalue weighted by atomic mass is 10.1. The van der Waals surface area contributed by atoms with Crippen LogP contribution in [0.5, 0.6) is 0 Å². The molecule has 0 aliphatic carbocycles. The van der Waals surface area contributed by atoms with Crippen molar-refractivity contribution in [3.63, 3.8) is 0 Å². The fraction of sp³-hybridized carbons (Fsp3) is 0.250. The lowest BCUT2D eigenvalue weighted by Crippen LogP contribution is -2.30. The molecule has 1 N–H and O–H groups in total. The standard InChI is InChI=1S/C20H21N3O4S/c1-3-9-23-19(25)17(28-20(23)26)11-14-12-22(13-18(24)21-8-10-27-2)16-7-5-4-6-15(14)16/h3-7,11-12H,1,8-10,13H2,2H3,(H,21,24)/b17-11-. The Morgan fingerprint density at radius 3 is 2.86 bits per heavy atom. The molecule has 3 amide bonds. The van der Waals surface area contributed by atoms with Crippen molar-refractivity contribution in [2.24, 2.45) is 0 Å². The van der Waals surface area contributed by atoms with Crippen LogP contribution in [0.2, 0.25) is 0 Å². The van der Waals surface area contributed by atoms with Crippen molar-refractivity contribution in [1.29, 1.82) is 0 Å². The third kappa shape index (κ3) is 4.18. The summed E-state index contributed by atoms with van der Waals surface area (Å²) in [5.74, 6) is -0.459. The van der Waals surface area contributed by atoms with Crippen LogP contribution in [0.3, 0.4) is 0 Å². The number of aromatic nitrogens is 1. The van der Waals surface area contributed by atoms with E-state index in [-0.39, 0.29) is 30.1 Å². The van der Waals surface area contributed by atoms with Crippen molar-refractivity contribution in [3.05, 3.63) is 53.6 Å². The predicted octanol–water partition coefficient (Wildman–Crippen LogP) is 2.63. The highest BCUT2D eigenvalue weighted by Crippen LogP contribution is 2.34. The minimum atomic E-state index is -0.330. The number of carbonyl (C=O) groups is 3. The van der Waals surface area contributed by atoms with Gasteiger partial charge in [0.2, 0.25) is 5.91 Å². The number of hydrogen-bond donors (Lipinski definition) is 1. The molecule has 28 heavy (non-hydrogen) atoms. The van der Waals surface area contributed by atoms with E-state index in [4.69, 9.17) is 4.74 Å². The summed E-state index contributed by atoms with van der Waals surface area (Å²) in [4.78, 5) is 38.2. The first-order chi connectivity index (χ1) is 13.5. The number of carbonyl (C=O) groups excluding carboxylic acids is 3. The molecule has 0 spiro atoms. The number of para-hydroxylation sites is 1. The highest BCUT2D eigenvalue weighted by Gasteiger charge is 2.34. The van der Waals surface area contributed by atoms with Crippen molar-refractivity contribution >= 4 is 45.8 Å². The predicted molar refractivity (Wildman–Crippen MR) is 110 cm³/mol. The maximum atomic E-state index is 12.5. The Morgan fingerprint density at radius 1 is 1.32 bits per heavy atom. The maximum Gasteiger partial charge on any atom is 0.293 e. The summed E-state index contributed by atoms with van der Waals surface area (Å²) in [5, 5.41) is 3.39. The van der Waals surface area contributed by atoms with Gasteiger partial charge in [0.05, 0.1) is 11.5 Å². The molecular formula is C20H21N3O4S. The molecule has 146 valence electrons. The quantitative estimate of drug-likeness (QED) is 0.419. The number of benzene rings is 1. The second kappa shape index (κ2) is 8.90. The summed E-state index contributed by atoms with van der Waals surface area (Å²) >= 11 is 0.910. The highest BCUT2D eigenvalue weighted by atomic mass is 32.2. The van der Waals surface area contributed by atoms with E-state index < -0.39 is 0 Å². The number of thioether (sulfide) groups is 1. The molecule has 0 radical (unpaired) electrons. The second-order valence-corrected chi connectivity index (χ2v) is 7.15. The van der Waals surface area contributed by atoms with E-state index >= 15 is 0 Å². The van der Waals surface area contributed by atoms with Gasteiger partial charge in [0.1, 0.15) is 6.54 Å². The number of fused-ring (bicyclic) bond motifs is 1. The third-order valence-corrected chi connectivity index (χ3v) is 5.14. The summed E-state index contributed by atoms with van der Waals surface area (Å²) in [7, 11) is 1.58. The van der Waals surface area contributed by atoms with Gasteiger partial charge in [-0.2, -0.15) is 0 Å². The molecule has 1 aliphatic rings. The molecule has 0 atom stereocenters. The Morgan fingerprint density at radius 2 is 2.11 bits per heavy atom. The highest BCUT2D eigenvalue weighted by molar-refractivity contribution is 8.18. The first kappa shape index (κ1) is 19.9. The van der Waals surface area contributed by atoms with Gasteiger partial charge in [0, 0.05) is 42.9 Å². The Bertz CT molecular complexity index is 964. The van der Waals surface area contributed by atoms with Crippen LogP contribution in [-0.4, -0.2) is 53.3 Å². The lowest BCUT2D eigenvalue weighted by molar-refractivity contribution is -0.122. The number of hydrogen-bond acceptors (Lipinski definition) is 5. The van der Waals surface area contributed by atoms with E-state index in [0.717, 1.165) is 33.1 Å². The first-order valence-electron chi connectivity index (χ1n) is 8.75. The van der Waals surface area contributed by atoms with E-state index in [9.17, 15) is 14.4 Å². The molecule has 8 heteroatoms. The Kier molecular flexibility index (Phi) is 6.33. The molecule has 1 aromatic carbocycles. The number of ether oxygens (including phenoxy) is 1. The molecule has 2 aromatic rings. The summed E-state index contributed by atoms with van der Waals surface area (Å²) in [6.07, 6.45) is 5.05. The minimum absolute atomic E-state index is 0.129. The second-order valence-electron chi connectivity index (χ2n) is 6.15. The topological polar surface area (TPSA) is 80.6 Å². The van der Waals surface area contributed by atoms with Crippen molar-refractivity contribution < 1.29 is 19.1 Å². The van der Waals surface area contributed by atoms with Gasteiger partial charge < -0.3 is 14.6 Å². The molecule has 1 fully saturated rings. The first-order valence-corrected chi connectivity index (χ1v) is 9.56. The Labute approximate surface area is 167 Å². The summed E-state index contributed by atoms with van der Waals surface area (Å²) in [5.41, 5.74) is 1.66. The van der Waals surface area contributed by atoms with Crippen LogP contribution in [0.4, 0.5) is 4.79 Å². The van der Waals surface area contributed by atoms with Crippen molar-refractivity contribution in [3.8, 4) is 0 Å². The summed E-state index contributed by atoms with van der Waals surface area (Å²) < 4.78 is 6.77. The van der Waals surface area contributed by atoms with Crippen LogP contribution in [0, 0.1) is 0 Å². The van der Waals surface area contributed by atoms with Crippen molar-refractivity contribution in [2.75, 3.05) is 26.8 Å². The number of rotatable bonds is 8. The lowest BCUT2D eigenvalue weighted by Gasteiger charge is -2.07. The van der Waals surface area contributed by atoms with Crippen molar-refractivity contribution in [1.82, 2.24) is 14.8 Å². The fourth-order valence-electron chi connectivity index (χ4n) is 2.95. The summed E-state index contributed by atoms with van der Waals surface area (Å²) in [6.45, 7) is 4.80. The SMILES string of the molecule is C=CCN1C(=O)S/C(=C\c2cn(CC(=O)NCCOC)c3ccccc23)C1=O. The maximum absolute atomic E-state index is 12.5. The van der Waals surface area contributed by atoms with Crippen LogP contribution < -0.4 is 5.32 Å². The molecule has 7 nitrogen and oxygen atoms in total. The third-order valence-electron chi connectivity index (χ3n) is 4.23. The van der Waals surface area contributed by atoms with E-state index in [2.05, 4.69) is 11.9 Å². The molecule has 0 unspecified atom stereocenters. The molecule has 0 saturated carbocycles. The molecular weight excluding hydrogens is 378 g/mol. The van der Waals surface area contributed by atoms with Crippen LogP contribution in [0.1, 0.15) is 5.56 Å². The van der Waals surface area contributed by atoms with E-state index in [1.165, 1.54) is 6.08 Å². The van der Waals surface area contributed by atoms with E-state index in [0.29, 0.717) is 18.1 Å².